The highest BCUT2D eigenvalue weighted by molar-refractivity contribution is 5.76. The predicted octanol–water partition coefficient (Wildman–Crippen LogP) is 1.69. The van der Waals surface area contributed by atoms with Crippen LogP contribution in [0.1, 0.15) is 46.5 Å². The molecule has 0 aliphatic carbocycles. The highest BCUT2D eigenvalue weighted by Crippen LogP contribution is 2.19. The summed E-state index contributed by atoms with van der Waals surface area (Å²) in [6, 6.07) is 1.03. The highest BCUT2D eigenvalue weighted by atomic mass is 16.2. The fourth-order valence-corrected chi connectivity index (χ4v) is 2.78. The van der Waals surface area contributed by atoms with E-state index < -0.39 is 0 Å². The molecule has 1 unspecified atom stereocenters. The molecule has 1 amide bonds. The van der Waals surface area contributed by atoms with E-state index in [0.29, 0.717) is 31.0 Å². The maximum absolute atomic E-state index is 12.2. The first-order valence-corrected chi connectivity index (χ1v) is 7.69. The first-order chi connectivity index (χ1) is 8.99. The standard InChI is InChI=1S/C15H31N3O/c1-5-13(11-16)10-15(19)17(4)14-6-8-18(9-7-14)12(2)3/h12-14H,5-11,16H2,1-4H3. The summed E-state index contributed by atoms with van der Waals surface area (Å²) in [5.41, 5.74) is 5.68. The molecule has 1 atom stereocenters. The van der Waals surface area contributed by atoms with Crippen LogP contribution in [0.3, 0.4) is 0 Å². The van der Waals surface area contributed by atoms with Crippen molar-refractivity contribution in [3.8, 4) is 0 Å². The lowest BCUT2D eigenvalue weighted by atomic mass is 9.99. The van der Waals surface area contributed by atoms with Crippen molar-refractivity contribution >= 4 is 5.91 Å². The lowest BCUT2D eigenvalue weighted by Gasteiger charge is -2.38. The van der Waals surface area contributed by atoms with E-state index in [1.54, 1.807) is 0 Å². The molecule has 0 aromatic rings. The van der Waals surface area contributed by atoms with E-state index in [1.807, 2.05) is 11.9 Å². The van der Waals surface area contributed by atoms with Crippen LogP contribution >= 0.6 is 0 Å². The van der Waals surface area contributed by atoms with Crippen LogP contribution in [0.25, 0.3) is 0 Å². The number of hydrogen-bond acceptors (Lipinski definition) is 3. The molecule has 1 aliphatic rings. The van der Waals surface area contributed by atoms with Crippen LogP contribution in [0.5, 0.6) is 0 Å². The smallest absolute Gasteiger partial charge is 0.222 e. The molecule has 4 heteroatoms. The van der Waals surface area contributed by atoms with Crippen LogP contribution in [0, 0.1) is 5.92 Å². The van der Waals surface area contributed by atoms with Gasteiger partial charge in [0.05, 0.1) is 0 Å². The van der Waals surface area contributed by atoms with Crippen LogP contribution < -0.4 is 5.73 Å². The lowest BCUT2D eigenvalue weighted by Crippen LogP contribution is -2.47. The average Bonchev–Trinajstić information content (AvgIpc) is 2.43. The predicted molar refractivity (Wildman–Crippen MR) is 80.0 cm³/mol. The van der Waals surface area contributed by atoms with E-state index in [1.165, 1.54) is 0 Å². The molecular weight excluding hydrogens is 238 g/mol. The quantitative estimate of drug-likeness (QED) is 0.798. The van der Waals surface area contributed by atoms with Gasteiger partial charge in [0, 0.05) is 38.6 Å². The maximum Gasteiger partial charge on any atom is 0.222 e. The Kier molecular flexibility index (Phi) is 6.80. The van der Waals surface area contributed by atoms with E-state index in [0.717, 1.165) is 32.4 Å². The van der Waals surface area contributed by atoms with Crippen molar-refractivity contribution < 1.29 is 4.79 Å². The van der Waals surface area contributed by atoms with Gasteiger partial charge in [0.15, 0.2) is 0 Å². The molecule has 1 saturated heterocycles. The van der Waals surface area contributed by atoms with Crippen LogP contribution in [-0.4, -0.2) is 54.5 Å². The topological polar surface area (TPSA) is 49.6 Å². The van der Waals surface area contributed by atoms with Gasteiger partial charge in [0.2, 0.25) is 5.91 Å². The largest absolute Gasteiger partial charge is 0.343 e. The minimum absolute atomic E-state index is 0.264. The summed E-state index contributed by atoms with van der Waals surface area (Å²) in [5.74, 6) is 0.603. The number of likely N-dealkylation sites (tertiary alicyclic amines) is 1. The van der Waals surface area contributed by atoms with Gasteiger partial charge in [-0.3, -0.25) is 4.79 Å². The van der Waals surface area contributed by atoms with Crippen LogP contribution in [-0.2, 0) is 4.79 Å². The third-order valence-electron chi connectivity index (χ3n) is 4.54. The fourth-order valence-electron chi connectivity index (χ4n) is 2.78. The van der Waals surface area contributed by atoms with Crippen LogP contribution in [0.4, 0.5) is 0 Å². The fraction of sp³-hybridized carbons (Fsp3) is 0.933. The molecule has 0 aromatic carbocycles. The number of rotatable bonds is 6. The van der Waals surface area contributed by atoms with Gasteiger partial charge in [-0.2, -0.15) is 0 Å². The molecule has 0 aromatic heterocycles. The van der Waals surface area contributed by atoms with Gasteiger partial charge in [-0.15, -0.1) is 0 Å². The number of nitrogens with zero attached hydrogens (tertiary/aromatic N) is 2. The molecule has 1 fully saturated rings. The van der Waals surface area contributed by atoms with Gasteiger partial charge in [0.1, 0.15) is 0 Å². The molecule has 0 radical (unpaired) electrons. The number of amides is 1. The third kappa shape index (κ3) is 4.77. The molecule has 1 heterocycles. The number of nitrogens with two attached hydrogens (primary N) is 1. The Balaban J connectivity index is 2.41. The average molecular weight is 269 g/mol. The van der Waals surface area contributed by atoms with Crippen LogP contribution in [0.2, 0.25) is 0 Å². The van der Waals surface area contributed by atoms with Gasteiger partial charge in [-0.1, -0.05) is 13.3 Å². The van der Waals surface area contributed by atoms with Crippen molar-refractivity contribution in [1.82, 2.24) is 9.80 Å². The number of carbonyl (C=O) groups excluding carboxylic acids is 1. The van der Waals surface area contributed by atoms with E-state index in [4.69, 9.17) is 5.73 Å². The first kappa shape index (κ1) is 16.4. The molecule has 0 bridgehead atoms. The number of carbonyl (C=O) groups is 1. The lowest BCUT2D eigenvalue weighted by molar-refractivity contribution is -0.133. The Morgan fingerprint density at radius 2 is 1.95 bits per heavy atom. The second-order valence-corrected chi connectivity index (χ2v) is 6.08. The zero-order valence-corrected chi connectivity index (χ0v) is 13.1. The molecule has 1 rings (SSSR count). The monoisotopic (exact) mass is 269 g/mol. The van der Waals surface area contributed by atoms with Crippen molar-refractivity contribution in [2.75, 3.05) is 26.7 Å². The molecule has 1 aliphatic heterocycles. The van der Waals surface area contributed by atoms with E-state index in [9.17, 15) is 4.79 Å². The Morgan fingerprint density at radius 3 is 2.37 bits per heavy atom. The van der Waals surface area contributed by atoms with Crippen molar-refractivity contribution in [1.29, 1.82) is 0 Å². The second-order valence-electron chi connectivity index (χ2n) is 6.08. The summed E-state index contributed by atoms with van der Waals surface area (Å²) in [6.45, 7) is 9.40. The Morgan fingerprint density at radius 1 is 1.37 bits per heavy atom. The van der Waals surface area contributed by atoms with Gasteiger partial charge in [-0.25, -0.2) is 0 Å². The molecular formula is C15H31N3O. The van der Waals surface area contributed by atoms with Crippen molar-refractivity contribution in [3.63, 3.8) is 0 Å². The Hall–Kier alpha value is -0.610. The zero-order valence-electron chi connectivity index (χ0n) is 13.1. The third-order valence-corrected chi connectivity index (χ3v) is 4.54. The number of hydrogen-bond donors (Lipinski definition) is 1. The van der Waals surface area contributed by atoms with Crippen LogP contribution in [0.15, 0.2) is 0 Å². The Bertz CT molecular complexity index is 269. The van der Waals surface area contributed by atoms with Crippen molar-refractivity contribution in [2.45, 2.75) is 58.5 Å². The summed E-state index contributed by atoms with van der Waals surface area (Å²) in [6.07, 6.45) is 3.79. The molecule has 2 N–H and O–H groups in total. The summed E-state index contributed by atoms with van der Waals surface area (Å²) < 4.78 is 0. The van der Waals surface area contributed by atoms with Gasteiger partial charge in [0.25, 0.3) is 0 Å². The summed E-state index contributed by atoms with van der Waals surface area (Å²) in [5, 5.41) is 0. The molecule has 19 heavy (non-hydrogen) atoms. The highest BCUT2D eigenvalue weighted by Gasteiger charge is 2.26. The number of piperidine rings is 1. The van der Waals surface area contributed by atoms with Crippen molar-refractivity contribution in [2.24, 2.45) is 11.7 Å². The maximum atomic E-state index is 12.2. The minimum atomic E-state index is 0.264. The van der Waals surface area contributed by atoms with Gasteiger partial charge in [-0.05, 0) is 39.2 Å². The molecule has 112 valence electrons. The normalized spacial score (nSPS) is 19.7. The first-order valence-electron chi connectivity index (χ1n) is 7.69. The molecule has 4 nitrogen and oxygen atoms in total. The summed E-state index contributed by atoms with van der Waals surface area (Å²) in [7, 11) is 1.96. The zero-order chi connectivity index (χ0) is 14.4. The molecule has 0 saturated carbocycles. The van der Waals surface area contributed by atoms with Crippen molar-refractivity contribution in [3.05, 3.63) is 0 Å². The minimum Gasteiger partial charge on any atom is -0.343 e. The SMILES string of the molecule is CCC(CN)CC(=O)N(C)C1CCN(C(C)C)CC1. The second kappa shape index (κ2) is 7.85. The van der Waals surface area contributed by atoms with Gasteiger partial charge < -0.3 is 15.5 Å². The Labute approximate surface area is 118 Å². The van der Waals surface area contributed by atoms with Gasteiger partial charge >= 0.3 is 0 Å². The van der Waals surface area contributed by atoms with E-state index >= 15 is 0 Å². The van der Waals surface area contributed by atoms with E-state index in [-0.39, 0.29) is 5.91 Å². The summed E-state index contributed by atoms with van der Waals surface area (Å²) >= 11 is 0. The molecule has 0 spiro atoms. The summed E-state index contributed by atoms with van der Waals surface area (Å²) in [4.78, 5) is 16.7. The van der Waals surface area contributed by atoms with E-state index in [2.05, 4.69) is 25.7 Å².